The summed E-state index contributed by atoms with van der Waals surface area (Å²) in [5.41, 5.74) is 1.98. The fourth-order valence-corrected chi connectivity index (χ4v) is 10.3. The number of sulfonamides is 1. The number of oxazole rings is 1. The third kappa shape index (κ3) is 8.53. The highest BCUT2D eigenvalue weighted by atomic mass is 32.2. The molecule has 13 heteroatoms. The number of methoxy groups -OCH3 is 1. The molecule has 5 atom stereocenters. The Bertz CT molecular complexity index is 2370. The van der Waals surface area contributed by atoms with Crippen molar-refractivity contribution in [2.75, 3.05) is 13.7 Å². The van der Waals surface area contributed by atoms with Gasteiger partial charge in [-0.3, -0.25) is 19.1 Å². The van der Waals surface area contributed by atoms with Gasteiger partial charge in [-0.15, -0.1) is 0 Å². The van der Waals surface area contributed by atoms with Crippen molar-refractivity contribution in [1.29, 1.82) is 0 Å². The van der Waals surface area contributed by atoms with Gasteiger partial charge in [0.05, 0.1) is 36.1 Å². The number of amides is 2. The van der Waals surface area contributed by atoms with Crippen molar-refractivity contribution in [3.63, 3.8) is 0 Å². The van der Waals surface area contributed by atoms with Gasteiger partial charge in [0, 0.05) is 24.1 Å². The Morgan fingerprint density at radius 3 is 2.56 bits per heavy atom. The molecule has 2 saturated carbocycles. The number of ketones is 1. The van der Waals surface area contributed by atoms with Crippen LogP contribution < -0.4 is 14.2 Å². The standard InChI is InChI=1S/C46H54N4O8S/c1-28(2)38-27-57-43(48-38)37-23-36-29(3)41(56-4)20-19-35(36)42(47-37)58-33-22-39-40(51)25-46(45(53)49-59(54,55)34-17-18-34)24-32(46)16-12-7-5-6-11-15-31(44(52)50(39)26-33)21-30-13-9-8-10-14-30/h8-10,12-14,16,19-20,23,27-28,31-34,39H,5-7,11,15,17-18,21-22,24-26H2,1-4H3,(H,49,53)/b16-12-/t31-,32+,33-,39+,46-/m1/s1. The van der Waals surface area contributed by atoms with Gasteiger partial charge in [0.15, 0.2) is 5.78 Å². The molecule has 2 amide bonds. The first-order valence-corrected chi connectivity index (χ1v) is 22.6. The van der Waals surface area contributed by atoms with E-state index in [1.54, 1.807) is 18.3 Å². The van der Waals surface area contributed by atoms with E-state index < -0.39 is 38.7 Å². The lowest BCUT2D eigenvalue weighted by Crippen LogP contribution is -2.46. The summed E-state index contributed by atoms with van der Waals surface area (Å²) in [5, 5.41) is 0.982. The van der Waals surface area contributed by atoms with Crippen LogP contribution in [0, 0.1) is 24.2 Å². The van der Waals surface area contributed by atoms with Gasteiger partial charge in [-0.1, -0.05) is 69.2 Å². The predicted molar refractivity (Wildman–Crippen MR) is 223 cm³/mol. The molecule has 2 aromatic carbocycles. The molecule has 3 fully saturated rings. The molecule has 2 aliphatic heterocycles. The zero-order chi connectivity index (χ0) is 41.5. The van der Waals surface area contributed by atoms with Crippen LogP contribution in [-0.4, -0.2) is 71.9 Å². The Labute approximate surface area is 346 Å². The minimum atomic E-state index is -3.83. The fourth-order valence-electron chi connectivity index (χ4n) is 8.89. The molecule has 0 spiro atoms. The Balaban J connectivity index is 1.15. The van der Waals surface area contributed by atoms with Gasteiger partial charge in [-0.2, -0.15) is 0 Å². The number of aryl methyl sites for hydroxylation is 1. The van der Waals surface area contributed by atoms with Crippen LogP contribution in [-0.2, 0) is 30.8 Å². The lowest BCUT2D eigenvalue weighted by molar-refractivity contribution is -0.142. The van der Waals surface area contributed by atoms with E-state index in [1.165, 1.54) is 0 Å². The van der Waals surface area contributed by atoms with Gasteiger partial charge in [0.25, 0.3) is 0 Å². The second kappa shape index (κ2) is 16.5. The Kier molecular flexibility index (Phi) is 11.4. The number of rotatable bonds is 10. The minimum Gasteiger partial charge on any atom is -0.496 e. The van der Waals surface area contributed by atoms with Gasteiger partial charge in [-0.05, 0) is 98.4 Å². The molecule has 4 aromatic rings. The normalized spacial score (nSPS) is 25.8. The Hall–Kier alpha value is -5.04. The van der Waals surface area contributed by atoms with Crippen molar-refractivity contribution in [2.24, 2.45) is 17.3 Å². The number of nitrogens with one attached hydrogen (secondary N) is 1. The fraction of sp³-hybridized carbons (Fsp3) is 0.500. The van der Waals surface area contributed by atoms with Crippen LogP contribution in [0.4, 0.5) is 0 Å². The van der Waals surface area contributed by atoms with Crippen molar-refractivity contribution < 1.29 is 36.7 Å². The summed E-state index contributed by atoms with van der Waals surface area (Å²) in [6, 6.07) is 14.7. The van der Waals surface area contributed by atoms with Crippen molar-refractivity contribution in [2.45, 2.75) is 115 Å². The van der Waals surface area contributed by atoms with Crippen LogP contribution in [0.15, 0.2) is 71.4 Å². The Morgan fingerprint density at radius 1 is 1.03 bits per heavy atom. The van der Waals surface area contributed by atoms with Crippen LogP contribution in [0.25, 0.3) is 22.4 Å². The number of nitrogens with zero attached hydrogens (tertiary/aromatic N) is 3. The van der Waals surface area contributed by atoms with Crippen molar-refractivity contribution >= 4 is 38.4 Å². The lowest BCUT2D eigenvalue weighted by Gasteiger charge is -2.29. The molecule has 2 aromatic heterocycles. The van der Waals surface area contributed by atoms with E-state index >= 15 is 0 Å². The van der Waals surface area contributed by atoms with Crippen LogP contribution in [0.2, 0.25) is 0 Å². The maximum atomic E-state index is 14.9. The number of carbonyl (C=O) groups excluding carboxylic acids is 3. The van der Waals surface area contributed by atoms with E-state index in [2.05, 4.69) is 10.8 Å². The lowest BCUT2D eigenvalue weighted by atomic mass is 9.90. The number of hydrogen-bond donors (Lipinski definition) is 1. The molecule has 1 saturated heterocycles. The number of benzene rings is 2. The van der Waals surface area contributed by atoms with Crippen molar-refractivity contribution in [3.8, 4) is 23.2 Å². The van der Waals surface area contributed by atoms with E-state index in [0.29, 0.717) is 55.3 Å². The molecule has 4 aliphatic rings. The van der Waals surface area contributed by atoms with Gasteiger partial charge >= 0.3 is 0 Å². The highest BCUT2D eigenvalue weighted by Gasteiger charge is 2.61. The highest BCUT2D eigenvalue weighted by Crippen LogP contribution is 2.57. The number of carbonyl (C=O) groups is 3. The van der Waals surface area contributed by atoms with Crippen LogP contribution >= 0.6 is 0 Å². The van der Waals surface area contributed by atoms with E-state index in [9.17, 15) is 22.8 Å². The smallest absolute Gasteiger partial charge is 0.245 e. The summed E-state index contributed by atoms with van der Waals surface area (Å²) < 4.78 is 46.7. The monoisotopic (exact) mass is 822 g/mol. The molecule has 2 aliphatic carbocycles. The summed E-state index contributed by atoms with van der Waals surface area (Å²) in [6.45, 7) is 6.17. The molecule has 59 heavy (non-hydrogen) atoms. The summed E-state index contributed by atoms with van der Waals surface area (Å²) >= 11 is 0. The van der Waals surface area contributed by atoms with Crippen molar-refractivity contribution in [3.05, 3.63) is 83.8 Å². The topological polar surface area (TPSA) is 158 Å². The molecule has 12 nitrogen and oxygen atoms in total. The summed E-state index contributed by atoms with van der Waals surface area (Å²) in [7, 11) is -2.21. The molecule has 312 valence electrons. The molecule has 0 bridgehead atoms. The predicted octanol–water partition coefficient (Wildman–Crippen LogP) is 7.63. The third-order valence-electron chi connectivity index (χ3n) is 12.7. The van der Waals surface area contributed by atoms with E-state index in [1.807, 2.05) is 75.4 Å². The van der Waals surface area contributed by atoms with E-state index in [-0.39, 0.29) is 48.8 Å². The molecule has 4 heterocycles. The van der Waals surface area contributed by atoms with E-state index in [4.69, 9.17) is 23.9 Å². The number of fused-ring (bicyclic) bond motifs is 3. The number of hydrogen-bond acceptors (Lipinski definition) is 10. The molecule has 8 rings (SSSR count). The SMILES string of the molecule is COc1ccc2c(O[C@@H]3C[C@H]4C(=O)C[C@]5(C(=O)NS(=O)(=O)C6CC6)C[C@@H]5/C=C\CCCCC[C@H](Cc5ccccc5)C(=O)N4C3)nc(-c3nc(C(C)C)co3)cc2c1C. The summed E-state index contributed by atoms with van der Waals surface area (Å²) in [6.07, 6.45) is 11.1. The zero-order valence-electron chi connectivity index (χ0n) is 34.3. The third-order valence-corrected chi connectivity index (χ3v) is 14.5. The first kappa shape index (κ1) is 40.7. The molecular weight excluding hydrogens is 769 g/mol. The maximum absolute atomic E-state index is 14.9. The second-order valence-electron chi connectivity index (χ2n) is 17.3. The van der Waals surface area contributed by atoms with Crippen molar-refractivity contribution in [1.82, 2.24) is 19.6 Å². The number of aromatic nitrogens is 2. The largest absolute Gasteiger partial charge is 0.496 e. The van der Waals surface area contributed by atoms with Gasteiger partial charge < -0.3 is 18.8 Å². The molecule has 0 radical (unpaired) electrons. The number of ether oxygens (including phenoxy) is 2. The number of Topliss-reactive ketones (excluding diaryl/α,β-unsaturated/α-hetero) is 1. The Morgan fingerprint density at radius 2 is 1.83 bits per heavy atom. The molecular formula is C46H54N4O8S. The summed E-state index contributed by atoms with van der Waals surface area (Å²) in [4.78, 5) is 54.9. The second-order valence-corrected chi connectivity index (χ2v) is 19.2. The highest BCUT2D eigenvalue weighted by molar-refractivity contribution is 7.90. The maximum Gasteiger partial charge on any atom is 0.245 e. The molecule has 0 unspecified atom stereocenters. The van der Waals surface area contributed by atoms with Crippen LogP contribution in [0.1, 0.15) is 101 Å². The first-order valence-electron chi connectivity index (χ1n) is 21.1. The van der Waals surface area contributed by atoms with Gasteiger partial charge in [-0.25, -0.2) is 18.4 Å². The summed E-state index contributed by atoms with van der Waals surface area (Å²) in [5.74, 6) is -0.190. The van der Waals surface area contributed by atoms with E-state index in [0.717, 1.165) is 53.3 Å². The number of allylic oxidation sites excluding steroid dienone is 2. The van der Waals surface area contributed by atoms with Crippen LogP contribution in [0.5, 0.6) is 11.6 Å². The van der Waals surface area contributed by atoms with Crippen LogP contribution in [0.3, 0.4) is 0 Å². The zero-order valence-corrected chi connectivity index (χ0v) is 35.1. The van der Waals surface area contributed by atoms with Gasteiger partial charge in [0.1, 0.15) is 23.8 Å². The minimum absolute atomic E-state index is 0.124. The van der Waals surface area contributed by atoms with Gasteiger partial charge in [0.2, 0.25) is 33.6 Å². The quantitative estimate of drug-likeness (QED) is 0.158. The average Bonchev–Trinajstić information content (AvgIpc) is 4.09. The average molecular weight is 823 g/mol. The number of pyridine rings is 1. The molecule has 1 N–H and O–H groups in total. The first-order chi connectivity index (χ1) is 28.4.